The number of rotatable bonds is 6. The first kappa shape index (κ1) is 19.5. The Bertz CT molecular complexity index is 881. The molecule has 0 amide bonds. The first-order valence-electron chi connectivity index (χ1n) is 8.47. The van der Waals surface area contributed by atoms with Crippen LogP contribution in [0, 0.1) is 0 Å². The first-order chi connectivity index (χ1) is 13.5. The van der Waals surface area contributed by atoms with Crippen LogP contribution in [0.15, 0.2) is 18.2 Å². The van der Waals surface area contributed by atoms with E-state index in [1.54, 1.807) is 18.2 Å². The Labute approximate surface area is 162 Å². The van der Waals surface area contributed by atoms with Gasteiger partial charge in [0.15, 0.2) is 23.0 Å². The maximum absolute atomic E-state index is 12.3. The van der Waals surface area contributed by atoms with E-state index in [0.717, 1.165) is 0 Å². The van der Waals surface area contributed by atoms with Gasteiger partial charge in [-0.05, 0) is 17.7 Å². The Morgan fingerprint density at radius 3 is 1.93 bits per heavy atom. The van der Waals surface area contributed by atoms with E-state index in [9.17, 15) is 9.90 Å². The zero-order chi connectivity index (χ0) is 20.4. The second-order valence-corrected chi connectivity index (χ2v) is 6.06. The van der Waals surface area contributed by atoms with Crippen LogP contribution in [-0.2, 0) is 4.79 Å². The fraction of sp³-hybridized carbons (Fsp3) is 0.350. The lowest BCUT2D eigenvalue weighted by Crippen LogP contribution is -2.22. The lowest BCUT2D eigenvalue weighted by atomic mass is 9.85. The molecule has 0 spiro atoms. The Hall–Kier alpha value is -3.29. The minimum absolute atomic E-state index is 0.0654. The molecule has 0 fully saturated rings. The number of hydrogen-bond acceptors (Lipinski definition) is 8. The fourth-order valence-corrected chi connectivity index (χ4v) is 3.40. The number of phenols is 1. The highest BCUT2D eigenvalue weighted by Crippen LogP contribution is 2.53. The molecule has 150 valence electrons. The lowest BCUT2D eigenvalue weighted by Gasteiger charge is -2.29. The molecule has 0 unspecified atom stereocenters. The van der Waals surface area contributed by atoms with Gasteiger partial charge in [0.05, 0.1) is 42.0 Å². The summed E-state index contributed by atoms with van der Waals surface area (Å²) in [5.41, 5.74) is 1.32. The molecule has 1 aliphatic heterocycles. The van der Waals surface area contributed by atoms with Gasteiger partial charge >= 0.3 is 5.97 Å². The van der Waals surface area contributed by atoms with Crippen molar-refractivity contribution in [3.8, 4) is 40.2 Å². The molecule has 3 rings (SSSR count). The minimum atomic E-state index is -0.436. The molecule has 28 heavy (non-hydrogen) atoms. The van der Waals surface area contributed by atoms with Gasteiger partial charge in [-0.15, -0.1) is 0 Å². The molecule has 1 heterocycles. The summed E-state index contributed by atoms with van der Waals surface area (Å²) in [5.74, 6) is 1.00. The summed E-state index contributed by atoms with van der Waals surface area (Å²) in [4.78, 5) is 12.3. The Kier molecular flexibility index (Phi) is 5.39. The van der Waals surface area contributed by atoms with E-state index in [1.807, 2.05) is 0 Å². The summed E-state index contributed by atoms with van der Waals surface area (Å²) in [6.45, 7) is 0. The largest absolute Gasteiger partial charge is 0.502 e. The molecule has 0 aliphatic carbocycles. The van der Waals surface area contributed by atoms with Crippen molar-refractivity contribution in [2.45, 2.75) is 12.3 Å². The maximum atomic E-state index is 12.3. The van der Waals surface area contributed by atoms with Crippen molar-refractivity contribution in [1.82, 2.24) is 0 Å². The number of carbonyl (C=O) groups excluding carboxylic acids is 1. The average Bonchev–Trinajstić information content (AvgIpc) is 2.71. The van der Waals surface area contributed by atoms with E-state index in [1.165, 1.54) is 35.5 Å². The number of carbonyl (C=O) groups is 1. The zero-order valence-corrected chi connectivity index (χ0v) is 16.3. The highest BCUT2D eigenvalue weighted by molar-refractivity contribution is 5.81. The number of fused-ring (bicyclic) bond motifs is 1. The van der Waals surface area contributed by atoms with Gasteiger partial charge < -0.3 is 33.5 Å². The number of phenolic OH excluding ortho intramolecular Hbond substituents is 1. The van der Waals surface area contributed by atoms with Gasteiger partial charge in [0, 0.05) is 17.5 Å². The Morgan fingerprint density at radius 1 is 0.857 bits per heavy atom. The van der Waals surface area contributed by atoms with Crippen LogP contribution < -0.4 is 28.4 Å². The van der Waals surface area contributed by atoms with Crippen LogP contribution in [0.4, 0.5) is 0 Å². The molecule has 2 aromatic rings. The number of hydrogen-bond donors (Lipinski definition) is 1. The van der Waals surface area contributed by atoms with E-state index in [2.05, 4.69) is 0 Å². The van der Waals surface area contributed by atoms with Crippen LogP contribution in [0.25, 0.3) is 0 Å². The average molecular weight is 390 g/mol. The van der Waals surface area contributed by atoms with Crippen molar-refractivity contribution < 1.29 is 38.3 Å². The van der Waals surface area contributed by atoms with Gasteiger partial charge in [-0.25, -0.2) is 0 Å². The van der Waals surface area contributed by atoms with E-state index in [-0.39, 0.29) is 23.7 Å². The number of benzene rings is 2. The van der Waals surface area contributed by atoms with E-state index < -0.39 is 11.9 Å². The monoisotopic (exact) mass is 390 g/mol. The highest BCUT2D eigenvalue weighted by Gasteiger charge is 2.36. The van der Waals surface area contributed by atoms with Gasteiger partial charge in [-0.3, -0.25) is 4.79 Å². The standard InChI is InChI=1S/C20H22O8/c1-23-13-6-10(7-14(24-2)18(13)22)11-8-16(21)28-12-9-15(25-3)19(26-4)20(27-5)17(11)12/h6-7,9,11,22H,8H2,1-5H3/t11-/m1/s1. The zero-order valence-electron chi connectivity index (χ0n) is 16.3. The number of methoxy groups -OCH3 is 5. The van der Waals surface area contributed by atoms with Crippen LogP contribution in [0.3, 0.4) is 0 Å². The smallest absolute Gasteiger partial charge is 0.312 e. The minimum Gasteiger partial charge on any atom is -0.502 e. The fourth-order valence-electron chi connectivity index (χ4n) is 3.40. The second kappa shape index (κ2) is 7.75. The molecule has 1 aliphatic rings. The molecule has 8 nitrogen and oxygen atoms in total. The van der Waals surface area contributed by atoms with Gasteiger partial charge in [0.2, 0.25) is 11.5 Å². The Balaban J connectivity index is 2.28. The van der Waals surface area contributed by atoms with Crippen molar-refractivity contribution in [1.29, 1.82) is 0 Å². The predicted molar refractivity (Wildman–Crippen MR) is 99.4 cm³/mol. The molecular formula is C20H22O8. The number of aromatic hydroxyl groups is 1. The van der Waals surface area contributed by atoms with Crippen LogP contribution in [-0.4, -0.2) is 46.6 Å². The molecule has 0 bridgehead atoms. The summed E-state index contributed by atoms with van der Waals surface area (Å²) < 4.78 is 32.3. The van der Waals surface area contributed by atoms with Crippen molar-refractivity contribution >= 4 is 5.97 Å². The molecule has 0 radical (unpaired) electrons. The normalized spacial score (nSPS) is 15.3. The van der Waals surface area contributed by atoms with Gasteiger partial charge in [-0.2, -0.15) is 0 Å². The van der Waals surface area contributed by atoms with Gasteiger partial charge in [0.1, 0.15) is 5.75 Å². The molecule has 1 N–H and O–H groups in total. The first-order valence-corrected chi connectivity index (χ1v) is 8.47. The summed E-state index contributed by atoms with van der Waals surface area (Å²) >= 11 is 0. The number of ether oxygens (including phenoxy) is 6. The summed E-state index contributed by atoms with van der Waals surface area (Å²) in [6, 6.07) is 4.90. The predicted octanol–water partition coefficient (Wildman–Crippen LogP) is 2.88. The topological polar surface area (TPSA) is 92.7 Å². The van der Waals surface area contributed by atoms with Crippen LogP contribution in [0.5, 0.6) is 40.2 Å². The SMILES string of the molecule is COc1cc([C@H]2CC(=O)Oc3cc(OC)c(OC)c(OC)c32)cc(OC)c1O. The molecule has 8 heteroatoms. The molecule has 0 saturated heterocycles. The second-order valence-electron chi connectivity index (χ2n) is 6.06. The summed E-state index contributed by atoms with van der Waals surface area (Å²) in [5, 5.41) is 10.2. The van der Waals surface area contributed by atoms with Crippen molar-refractivity contribution in [3.63, 3.8) is 0 Å². The highest BCUT2D eigenvalue weighted by atomic mass is 16.5. The van der Waals surface area contributed by atoms with Crippen molar-refractivity contribution in [2.24, 2.45) is 0 Å². The summed E-state index contributed by atoms with van der Waals surface area (Å²) in [6.07, 6.45) is 0.0654. The molecular weight excluding hydrogens is 368 g/mol. The summed E-state index contributed by atoms with van der Waals surface area (Å²) in [7, 11) is 7.37. The molecule has 2 aromatic carbocycles. The van der Waals surface area contributed by atoms with E-state index >= 15 is 0 Å². The molecule has 0 aromatic heterocycles. The third kappa shape index (κ3) is 3.11. The van der Waals surface area contributed by atoms with Gasteiger partial charge in [0.25, 0.3) is 0 Å². The Morgan fingerprint density at radius 2 is 1.43 bits per heavy atom. The lowest BCUT2D eigenvalue weighted by molar-refractivity contribution is -0.135. The van der Waals surface area contributed by atoms with E-state index in [4.69, 9.17) is 28.4 Å². The quantitative estimate of drug-likeness (QED) is 0.595. The molecule has 1 atom stereocenters. The van der Waals surface area contributed by atoms with Gasteiger partial charge in [-0.1, -0.05) is 0 Å². The van der Waals surface area contributed by atoms with Crippen LogP contribution >= 0.6 is 0 Å². The maximum Gasteiger partial charge on any atom is 0.312 e. The van der Waals surface area contributed by atoms with Crippen molar-refractivity contribution in [3.05, 3.63) is 29.3 Å². The van der Waals surface area contributed by atoms with Crippen LogP contribution in [0.2, 0.25) is 0 Å². The van der Waals surface area contributed by atoms with Crippen LogP contribution in [0.1, 0.15) is 23.5 Å². The van der Waals surface area contributed by atoms with E-state index in [0.29, 0.717) is 34.1 Å². The third-order valence-corrected chi connectivity index (χ3v) is 4.68. The third-order valence-electron chi connectivity index (χ3n) is 4.68. The molecule has 0 saturated carbocycles. The number of esters is 1. The van der Waals surface area contributed by atoms with Crippen molar-refractivity contribution in [2.75, 3.05) is 35.5 Å².